The van der Waals surface area contributed by atoms with Gasteiger partial charge in [0.15, 0.2) is 0 Å². The fraction of sp³-hybridized carbons (Fsp3) is 0.364. The van der Waals surface area contributed by atoms with Gasteiger partial charge in [0, 0.05) is 24.2 Å². The molecule has 2 amide bonds. The van der Waals surface area contributed by atoms with Crippen molar-refractivity contribution in [2.45, 2.75) is 38.1 Å². The molecule has 2 heterocycles. The van der Waals surface area contributed by atoms with E-state index in [9.17, 15) is 4.79 Å². The number of carbonyl (C=O) groups is 1. The predicted molar refractivity (Wildman–Crippen MR) is 112 cm³/mol. The van der Waals surface area contributed by atoms with Gasteiger partial charge in [-0.15, -0.1) is 0 Å². The lowest BCUT2D eigenvalue weighted by molar-refractivity contribution is 0.248. The fourth-order valence-electron chi connectivity index (χ4n) is 4.61. The van der Waals surface area contributed by atoms with Gasteiger partial charge in [0.25, 0.3) is 0 Å². The lowest BCUT2D eigenvalue weighted by Gasteiger charge is -2.30. The summed E-state index contributed by atoms with van der Waals surface area (Å²) in [5.74, 6) is 0. The largest absolute Gasteiger partial charge is 0.371 e. The molecule has 0 unspecified atom stereocenters. The van der Waals surface area contributed by atoms with Gasteiger partial charge in [-0.2, -0.15) is 5.10 Å². The van der Waals surface area contributed by atoms with Gasteiger partial charge in [-0.3, -0.25) is 5.10 Å². The second kappa shape index (κ2) is 7.19. The number of anilines is 2. The number of amides is 2. The average Bonchev–Trinajstić information content (AvgIpc) is 3.36. The topological polar surface area (TPSA) is 73.0 Å². The number of H-pyrrole nitrogens is 1. The van der Waals surface area contributed by atoms with Crippen molar-refractivity contribution in [3.63, 3.8) is 0 Å². The maximum absolute atomic E-state index is 12.7. The van der Waals surface area contributed by atoms with E-state index in [1.165, 1.54) is 36.1 Å². The number of aromatic nitrogens is 2. The van der Waals surface area contributed by atoms with Gasteiger partial charge in [-0.1, -0.05) is 18.2 Å². The van der Waals surface area contributed by atoms with Gasteiger partial charge in [0.2, 0.25) is 0 Å². The third-order valence-corrected chi connectivity index (χ3v) is 5.98. The van der Waals surface area contributed by atoms with E-state index in [0.29, 0.717) is 0 Å². The molecule has 2 aromatic carbocycles. The summed E-state index contributed by atoms with van der Waals surface area (Å²) in [7, 11) is 0. The highest BCUT2D eigenvalue weighted by Crippen LogP contribution is 2.38. The van der Waals surface area contributed by atoms with Crippen LogP contribution in [0.2, 0.25) is 0 Å². The highest BCUT2D eigenvalue weighted by atomic mass is 16.2. The predicted octanol–water partition coefficient (Wildman–Crippen LogP) is 4.36. The van der Waals surface area contributed by atoms with Crippen LogP contribution in [0, 0.1) is 0 Å². The number of piperidine rings is 1. The third kappa shape index (κ3) is 3.09. The summed E-state index contributed by atoms with van der Waals surface area (Å²) in [5.41, 5.74) is 5.72. The Labute approximate surface area is 164 Å². The zero-order valence-corrected chi connectivity index (χ0v) is 15.9. The minimum Gasteiger partial charge on any atom is -0.371 e. The van der Waals surface area contributed by atoms with E-state index in [1.807, 2.05) is 18.2 Å². The molecule has 28 heavy (non-hydrogen) atoms. The van der Waals surface area contributed by atoms with Gasteiger partial charge in [-0.05, 0) is 61.4 Å². The monoisotopic (exact) mass is 375 g/mol. The minimum atomic E-state index is -0.171. The van der Waals surface area contributed by atoms with Gasteiger partial charge in [-0.25, -0.2) is 4.79 Å². The van der Waals surface area contributed by atoms with E-state index >= 15 is 0 Å². The number of aromatic amines is 1. The summed E-state index contributed by atoms with van der Waals surface area (Å²) in [6.07, 6.45) is 7.58. The molecule has 1 fully saturated rings. The van der Waals surface area contributed by atoms with Crippen LogP contribution in [-0.4, -0.2) is 29.3 Å². The maximum Gasteiger partial charge on any atom is 0.319 e. The van der Waals surface area contributed by atoms with Crippen molar-refractivity contribution < 1.29 is 4.79 Å². The Morgan fingerprint density at radius 2 is 1.96 bits per heavy atom. The zero-order chi connectivity index (χ0) is 18.9. The van der Waals surface area contributed by atoms with E-state index < -0.39 is 0 Å². The number of rotatable bonds is 3. The number of urea groups is 1. The number of benzene rings is 2. The molecule has 6 heteroatoms. The number of hydrogen-bond acceptors (Lipinski definition) is 3. The first-order chi connectivity index (χ1) is 13.8. The summed E-state index contributed by atoms with van der Waals surface area (Å²) >= 11 is 0. The Hall–Kier alpha value is -3.02. The molecule has 0 bridgehead atoms. The van der Waals surface area contributed by atoms with Crippen molar-refractivity contribution in [1.82, 2.24) is 15.5 Å². The summed E-state index contributed by atoms with van der Waals surface area (Å²) in [6, 6.07) is 12.2. The van der Waals surface area contributed by atoms with E-state index in [-0.39, 0.29) is 12.1 Å². The van der Waals surface area contributed by atoms with E-state index in [4.69, 9.17) is 0 Å². The Balaban J connectivity index is 1.32. The van der Waals surface area contributed by atoms with E-state index in [1.54, 1.807) is 6.20 Å². The van der Waals surface area contributed by atoms with Crippen LogP contribution in [0.25, 0.3) is 10.9 Å². The molecule has 0 saturated carbocycles. The third-order valence-electron chi connectivity index (χ3n) is 5.98. The Kier molecular flexibility index (Phi) is 4.39. The molecule has 1 aromatic heterocycles. The second-order valence-electron chi connectivity index (χ2n) is 7.72. The first-order valence-electron chi connectivity index (χ1n) is 10.2. The van der Waals surface area contributed by atoms with Crippen molar-refractivity contribution in [3.8, 4) is 0 Å². The number of carbonyl (C=O) groups excluding carboxylic acids is 1. The zero-order valence-electron chi connectivity index (χ0n) is 15.9. The maximum atomic E-state index is 12.7. The smallest absolute Gasteiger partial charge is 0.319 e. The first kappa shape index (κ1) is 17.1. The van der Waals surface area contributed by atoms with E-state index in [2.05, 4.69) is 43.9 Å². The minimum absolute atomic E-state index is 0.0586. The van der Waals surface area contributed by atoms with Crippen molar-refractivity contribution in [3.05, 3.63) is 53.7 Å². The van der Waals surface area contributed by atoms with Crippen molar-refractivity contribution in [1.29, 1.82) is 0 Å². The molecule has 3 aromatic rings. The van der Waals surface area contributed by atoms with Crippen LogP contribution < -0.4 is 15.5 Å². The quantitative estimate of drug-likeness (QED) is 0.637. The van der Waals surface area contributed by atoms with Crippen molar-refractivity contribution in [2.75, 3.05) is 23.3 Å². The number of nitrogens with one attached hydrogen (secondary N) is 3. The molecular weight excluding hydrogens is 350 g/mol. The van der Waals surface area contributed by atoms with E-state index in [0.717, 1.165) is 42.5 Å². The van der Waals surface area contributed by atoms with Gasteiger partial charge >= 0.3 is 6.03 Å². The molecule has 1 aliphatic heterocycles. The fourth-order valence-corrected chi connectivity index (χ4v) is 4.61. The van der Waals surface area contributed by atoms with Crippen LogP contribution in [-0.2, 0) is 6.42 Å². The molecule has 144 valence electrons. The number of nitrogens with zero attached hydrogens (tertiary/aromatic N) is 2. The highest BCUT2D eigenvalue weighted by molar-refractivity contribution is 6.00. The first-order valence-corrected chi connectivity index (χ1v) is 10.2. The number of fused-ring (bicyclic) bond motifs is 2. The standard InChI is InChI=1S/C22H25N5O/c28-22(24-18-7-5-8-20-17(18)14-23-26-20)25-19-11-10-16-15(19)6-4-9-21(16)27-12-2-1-3-13-27/h4-9,14,19H,1-3,10-13H2,(H,23,26)(H2,24,25,28)/t19-/m1/s1. The van der Waals surface area contributed by atoms with Gasteiger partial charge < -0.3 is 15.5 Å². The Morgan fingerprint density at radius 1 is 1.11 bits per heavy atom. The molecule has 0 spiro atoms. The molecule has 1 aliphatic carbocycles. The Bertz CT molecular complexity index is 1010. The average molecular weight is 375 g/mol. The summed E-state index contributed by atoms with van der Waals surface area (Å²) in [4.78, 5) is 15.2. The van der Waals surface area contributed by atoms with Crippen LogP contribution in [0.1, 0.15) is 42.9 Å². The summed E-state index contributed by atoms with van der Waals surface area (Å²) < 4.78 is 0. The Morgan fingerprint density at radius 3 is 2.86 bits per heavy atom. The van der Waals surface area contributed by atoms with Gasteiger partial charge in [0.05, 0.1) is 23.4 Å². The molecular formula is C22H25N5O. The molecule has 6 nitrogen and oxygen atoms in total. The lowest BCUT2D eigenvalue weighted by atomic mass is 10.0. The molecule has 3 N–H and O–H groups in total. The normalized spacial score (nSPS) is 18.9. The molecule has 2 aliphatic rings. The van der Waals surface area contributed by atoms with Crippen LogP contribution in [0.5, 0.6) is 0 Å². The summed E-state index contributed by atoms with van der Waals surface area (Å²) in [6.45, 7) is 2.29. The molecule has 0 radical (unpaired) electrons. The van der Waals surface area contributed by atoms with Crippen LogP contribution in [0.4, 0.5) is 16.2 Å². The van der Waals surface area contributed by atoms with Crippen LogP contribution >= 0.6 is 0 Å². The van der Waals surface area contributed by atoms with Gasteiger partial charge in [0.1, 0.15) is 0 Å². The second-order valence-corrected chi connectivity index (χ2v) is 7.72. The summed E-state index contributed by atoms with van der Waals surface area (Å²) in [5, 5.41) is 14.1. The van der Waals surface area contributed by atoms with Crippen LogP contribution in [0.3, 0.4) is 0 Å². The SMILES string of the molecule is O=C(Nc1cccc2[nH]ncc12)N[C@@H]1CCc2c1cccc2N1CCCCC1. The lowest BCUT2D eigenvalue weighted by Crippen LogP contribution is -2.32. The van der Waals surface area contributed by atoms with Crippen molar-refractivity contribution in [2.24, 2.45) is 0 Å². The molecule has 1 saturated heterocycles. The van der Waals surface area contributed by atoms with Crippen molar-refractivity contribution >= 4 is 28.3 Å². The molecule has 5 rings (SSSR count). The van der Waals surface area contributed by atoms with Crippen LogP contribution in [0.15, 0.2) is 42.6 Å². The highest BCUT2D eigenvalue weighted by Gasteiger charge is 2.28. The number of hydrogen-bond donors (Lipinski definition) is 3. The molecule has 1 atom stereocenters.